The number of aromatic amines is 4. The van der Waals surface area contributed by atoms with Crippen LogP contribution in [0.2, 0.25) is 0 Å². The van der Waals surface area contributed by atoms with Crippen LogP contribution in [-0.2, 0) is 0 Å². The van der Waals surface area contributed by atoms with Crippen molar-refractivity contribution in [1.29, 1.82) is 0 Å². The quantitative estimate of drug-likeness (QED) is 0.125. The Hall–Kier alpha value is -6.56. The van der Waals surface area contributed by atoms with Crippen LogP contribution in [0.5, 0.6) is 0 Å². The van der Waals surface area contributed by atoms with Crippen molar-refractivity contribution in [2.45, 2.75) is 0 Å². The van der Waals surface area contributed by atoms with Gasteiger partial charge in [0.25, 0.3) is 0 Å². The summed E-state index contributed by atoms with van der Waals surface area (Å²) in [7, 11) is 0. The zero-order valence-corrected chi connectivity index (χ0v) is 23.0. The smallest absolute Gasteiger partial charge is 0.144 e. The summed E-state index contributed by atoms with van der Waals surface area (Å²) in [4.78, 5) is 33.8. The first-order valence-electron chi connectivity index (χ1n) is 13.9. The number of rotatable bonds is 0. The first kappa shape index (κ1) is 24.1. The highest BCUT2D eigenvalue weighted by molar-refractivity contribution is 6.11. The largest absolute Gasteiger partial charge is 0.396 e. The fourth-order valence-corrected chi connectivity index (χ4v) is 6.13. The molecule has 5 heterocycles. The van der Waals surface area contributed by atoms with Gasteiger partial charge in [0, 0.05) is 32.3 Å². The van der Waals surface area contributed by atoms with E-state index in [1.54, 1.807) is 0 Å². The van der Waals surface area contributed by atoms with Crippen LogP contribution in [0.3, 0.4) is 0 Å². The topological polar surface area (TPSA) is 217 Å². The molecule has 9 rings (SSSR count). The van der Waals surface area contributed by atoms with Gasteiger partial charge >= 0.3 is 0 Å². The Balaban J connectivity index is 1.53. The zero-order chi connectivity index (χ0) is 29.7. The lowest BCUT2D eigenvalue weighted by Crippen LogP contribution is -2.11. The Kier molecular flexibility index (Phi) is 4.64. The van der Waals surface area contributed by atoms with Crippen LogP contribution in [0.15, 0.2) is 92.8 Å². The maximum absolute atomic E-state index is 6.58. The molecule has 0 atom stereocenters. The van der Waals surface area contributed by atoms with E-state index in [9.17, 15) is 0 Å². The molecule has 0 spiro atoms. The monoisotopic (exact) mass is 576 g/mol. The van der Waals surface area contributed by atoms with Gasteiger partial charge in [-0.25, -0.2) is 20.0 Å². The molecular formula is C32H24N12. The number of anilines is 4. The summed E-state index contributed by atoms with van der Waals surface area (Å²) in [5, 5.41) is 6.44. The number of benzene rings is 4. The second kappa shape index (κ2) is 8.49. The number of hydrogen-bond donors (Lipinski definition) is 8. The van der Waals surface area contributed by atoms with Crippen molar-refractivity contribution in [2.24, 2.45) is 20.0 Å². The van der Waals surface area contributed by atoms with E-state index in [-0.39, 0.29) is 22.7 Å². The number of nitrogens with two attached hydrogens (primary N) is 4. The van der Waals surface area contributed by atoms with E-state index in [1.165, 1.54) is 0 Å². The molecule has 4 aromatic heterocycles. The number of nitrogen functional groups attached to an aromatic ring is 4. The summed E-state index contributed by atoms with van der Waals surface area (Å²) in [6, 6.07) is 23.8. The Labute approximate surface area is 246 Å². The highest BCUT2D eigenvalue weighted by atomic mass is 15.1. The molecule has 1 aliphatic heterocycles. The third-order valence-corrected chi connectivity index (χ3v) is 8.29. The fraction of sp³-hybridized carbons (Fsp3) is 0. The summed E-state index contributed by atoms with van der Waals surface area (Å²) in [6.07, 6.45) is 0. The molecule has 0 radical (unpaired) electrons. The van der Waals surface area contributed by atoms with Gasteiger partial charge in [0.15, 0.2) is 0 Å². The van der Waals surface area contributed by atoms with Crippen LogP contribution >= 0.6 is 0 Å². The van der Waals surface area contributed by atoms with Crippen LogP contribution in [0.4, 0.5) is 46.0 Å². The molecule has 4 aromatic carbocycles. The third-order valence-electron chi connectivity index (χ3n) is 8.29. The lowest BCUT2D eigenvalue weighted by Gasteiger charge is -2.09. The van der Waals surface area contributed by atoms with Gasteiger partial charge in [0.05, 0.1) is 33.5 Å². The van der Waals surface area contributed by atoms with Gasteiger partial charge in [-0.1, -0.05) is 72.8 Å². The second-order valence-corrected chi connectivity index (χ2v) is 10.8. The van der Waals surface area contributed by atoms with E-state index in [0.717, 1.165) is 32.3 Å². The standard InChI is InChI=1S/C32H24N12/c33-21-19-20(22(34)24(36)23(21)35)32-43-30-18-12-6-4-10-16(18)28(41-30)39-26-14-8-2-1-7-13(14)25(37-26)38-27-15-9-3-5-11-17(15)29(40-27)42-31(19)44-32/h1-12H,33-36H2,(H4,37,38,39,40,41,42,43,44). The van der Waals surface area contributed by atoms with Crippen molar-refractivity contribution >= 4 is 89.1 Å². The average molecular weight is 577 g/mol. The molecule has 8 bridgehead atoms. The van der Waals surface area contributed by atoms with Crippen LogP contribution in [0.25, 0.3) is 43.1 Å². The molecule has 0 fully saturated rings. The minimum absolute atomic E-state index is 0.190. The van der Waals surface area contributed by atoms with Gasteiger partial charge in [-0.05, 0) is 0 Å². The molecule has 0 amide bonds. The molecule has 1 aliphatic rings. The van der Waals surface area contributed by atoms with Gasteiger partial charge in [-0.2, -0.15) is 0 Å². The molecule has 12 N–H and O–H groups in total. The Morgan fingerprint density at radius 1 is 0.341 bits per heavy atom. The molecule has 12 nitrogen and oxygen atoms in total. The first-order valence-corrected chi connectivity index (χ1v) is 13.9. The Morgan fingerprint density at radius 3 is 1.00 bits per heavy atom. The van der Waals surface area contributed by atoms with Crippen molar-refractivity contribution in [2.75, 3.05) is 22.9 Å². The van der Waals surface area contributed by atoms with E-state index in [2.05, 4.69) is 19.9 Å². The molecule has 0 aliphatic carbocycles. The molecule has 0 saturated carbocycles. The predicted molar refractivity (Wildman–Crippen MR) is 174 cm³/mol. The highest BCUT2D eigenvalue weighted by Gasteiger charge is 2.20. The van der Waals surface area contributed by atoms with E-state index in [1.807, 2.05) is 72.8 Å². The fourth-order valence-electron chi connectivity index (χ4n) is 6.13. The number of aromatic nitrogens is 4. The molecule has 0 saturated heterocycles. The van der Waals surface area contributed by atoms with Crippen LogP contribution in [0.1, 0.15) is 0 Å². The SMILES string of the molecule is Nc1c(N)c(N)c2c3[nH]c(c2c1N)=Nc1[nH]c(c2ccccc12)N=c1[nH]c(c2ccccc12)=Nc1[nH]c(c2ccccc12)N=3. The molecule has 212 valence electrons. The minimum Gasteiger partial charge on any atom is -0.396 e. The molecule has 12 heteroatoms. The van der Waals surface area contributed by atoms with Crippen molar-refractivity contribution in [3.05, 3.63) is 94.7 Å². The number of H-pyrrole nitrogens is 4. The minimum atomic E-state index is 0.190. The molecule has 0 unspecified atom stereocenters. The van der Waals surface area contributed by atoms with Crippen molar-refractivity contribution in [3.63, 3.8) is 0 Å². The molecule has 44 heavy (non-hydrogen) atoms. The Bertz CT molecular complexity index is 2590. The van der Waals surface area contributed by atoms with E-state index in [4.69, 9.17) is 42.9 Å². The maximum Gasteiger partial charge on any atom is 0.144 e. The highest BCUT2D eigenvalue weighted by Crippen LogP contribution is 2.38. The average Bonchev–Trinajstić information content (AvgIpc) is 3.78. The summed E-state index contributed by atoms with van der Waals surface area (Å²) in [5.41, 5.74) is 28.9. The zero-order valence-electron chi connectivity index (χ0n) is 23.0. The van der Waals surface area contributed by atoms with E-state index >= 15 is 0 Å². The number of nitrogens with one attached hydrogen (secondary N) is 4. The van der Waals surface area contributed by atoms with Gasteiger partial charge in [-0.15, -0.1) is 0 Å². The van der Waals surface area contributed by atoms with Gasteiger partial charge in [0.1, 0.15) is 45.2 Å². The van der Waals surface area contributed by atoms with Gasteiger partial charge in [-0.3, -0.25) is 0 Å². The van der Waals surface area contributed by atoms with E-state index in [0.29, 0.717) is 56.0 Å². The summed E-state index contributed by atoms with van der Waals surface area (Å²) >= 11 is 0. The van der Waals surface area contributed by atoms with Crippen LogP contribution in [-0.4, -0.2) is 19.9 Å². The lowest BCUT2D eigenvalue weighted by atomic mass is 10.1. The van der Waals surface area contributed by atoms with Gasteiger partial charge < -0.3 is 42.9 Å². The number of fused-ring (bicyclic) bond motifs is 20. The Morgan fingerprint density at radius 2 is 0.636 bits per heavy atom. The predicted octanol–water partition coefficient (Wildman–Crippen LogP) is 4.06. The normalized spacial score (nSPS) is 12.7. The van der Waals surface area contributed by atoms with Crippen LogP contribution < -0.4 is 44.9 Å². The summed E-state index contributed by atoms with van der Waals surface area (Å²) < 4.78 is 0. The first-order chi connectivity index (χ1) is 21.5. The lowest BCUT2D eigenvalue weighted by molar-refractivity contribution is 1.08. The third kappa shape index (κ3) is 3.21. The number of hydrogen-bond acceptors (Lipinski definition) is 8. The summed E-state index contributed by atoms with van der Waals surface area (Å²) in [6.45, 7) is 0. The van der Waals surface area contributed by atoms with Crippen molar-refractivity contribution < 1.29 is 0 Å². The second-order valence-electron chi connectivity index (χ2n) is 10.8. The van der Waals surface area contributed by atoms with Crippen LogP contribution in [0, 0.1) is 0 Å². The van der Waals surface area contributed by atoms with Crippen molar-refractivity contribution in [1.82, 2.24) is 19.9 Å². The molecular weight excluding hydrogens is 552 g/mol. The number of nitrogens with zero attached hydrogens (tertiary/aromatic N) is 4. The molecule has 8 aromatic rings. The van der Waals surface area contributed by atoms with Gasteiger partial charge in [0.2, 0.25) is 0 Å². The van der Waals surface area contributed by atoms with Crippen molar-refractivity contribution in [3.8, 4) is 0 Å². The maximum atomic E-state index is 6.58. The van der Waals surface area contributed by atoms with E-state index < -0.39 is 0 Å². The summed E-state index contributed by atoms with van der Waals surface area (Å²) in [5.74, 6) is 2.41.